The number of nitrogens with one attached hydrogen (secondary N) is 1. The van der Waals surface area contributed by atoms with E-state index < -0.39 is 0 Å². The van der Waals surface area contributed by atoms with Crippen LogP contribution in [0, 0.1) is 0 Å². The van der Waals surface area contributed by atoms with Crippen molar-refractivity contribution in [2.75, 3.05) is 20.8 Å². The summed E-state index contributed by atoms with van der Waals surface area (Å²) in [6, 6.07) is 3.64. The first-order valence-electron chi connectivity index (χ1n) is 6.86. The van der Waals surface area contributed by atoms with Crippen LogP contribution < -0.4 is 14.8 Å². The van der Waals surface area contributed by atoms with Crippen molar-refractivity contribution in [3.05, 3.63) is 22.7 Å². The molecule has 5 heteroatoms. The molecule has 20 heavy (non-hydrogen) atoms. The molecule has 1 aromatic rings. The quantitative estimate of drug-likeness (QED) is 0.774. The van der Waals surface area contributed by atoms with E-state index in [9.17, 15) is 5.11 Å². The van der Waals surface area contributed by atoms with Gasteiger partial charge in [0.15, 0.2) is 0 Å². The minimum absolute atomic E-state index is 0.0277. The van der Waals surface area contributed by atoms with Gasteiger partial charge in [-0.05, 0) is 19.4 Å². The van der Waals surface area contributed by atoms with Crippen molar-refractivity contribution in [3.8, 4) is 11.5 Å². The summed E-state index contributed by atoms with van der Waals surface area (Å²) in [6.45, 7) is 4.61. The van der Waals surface area contributed by atoms with Crippen LogP contribution >= 0.6 is 11.6 Å². The van der Waals surface area contributed by atoms with Gasteiger partial charge in [-0.15, -0.1) is 0 Å². The predicted molar refractivity (Wildman–Crippen MR) is 81.9 cm³/mol. The fourth-order valence-corrected chi connectivity index (χ4v) is 2.33. The SMILES string of the molecule is CCCC(O)CNC(C)c1cc(Cl)c(OC)cc1OC. The molecule has 1 aromatic carbocycles. The second-order valence-corrected chi connectivity index (χ2v) is 5.21. The Morgan fingerprint density at radius 2 is 1.90 bits per heavy atom. The Morgan fingerprint density at radius 1 is 1.25 bits per heavy atom. The molecule has 0 spiro atoms. The number of benzene rings is 1. The van der Waals surface area contributed by atoms with Gasteiger partial charge >= 0.3 is 0 Å². The average molecular weight is 302 g/mol. The molecule has 0 radical (unpaired) electrons. The zero-order chi connectivity index (χ0) is 15.1. The standard InChI is InChI=1S/C15H24ClNO3/c1-5-6-11(18)9-17-10(2)12-7-13(16)15(20-4)8-14(12)19-3/h7-8,10-11,17-18H,5-6,9H2,1-4H3. The number of methoxy groups -OCH3 is 2. The van der Waals surface area contributed by atoms with Crippen LogP contribution in [0.3, 0.4) is 0 Å². The Labute approximate surface area is 126 Å². The number of aliphatic hydroxyl groups is 1. The maximum absolute atomic E-state index is 9.77. The lowest BCUT2D eigenvalue weighted by molar-refractivity contribution is 0.157. The first-order valence-corrected chi connectivity index (χ1v) is 7.24. The first kappa shape index (κ1) is 17.1. The van der Waals surface area contributed by atoms with Crippen molar-refractivity contribution in [2.24, 2.45) is 0 Å². The monoisotopic (exact) mass is 301 g/mol. The molecule has 0 aliphatic rings. The van der Waals surface area contributed by atoms with Gasteiger partial charge in [-0.3, -0.25) is 0 Å². The Hall–Kier alpha value is -0.970. The van der Waals surface area contributed by atoms with Gasteiger partial charge in [0.25, 0.3) is 0 Å². The summed E-state index contributed by atoms with van der Waals surface area (Å²) in [7, 11) is 3.19. The van der Waals surface area contributed by atoms with Gasteiger partial charge in [0, 0.05) is 24.2 Å². The number of halogens is 1. The summed E-state index contributed by atoms with van der Waals surface area (Å²) >= 11 is 6.16. The lowest BCUT2D eigenvalue weighted by Crippen LogP contribution is -2.29. The van der Waals surface area contributed by atoms with E-state index in [1.54, 1.807) is 20.3 Å². The van der Waals surface area contributed by atoms with Crippen LogP contribution in [0.5, 0.6) is 11.5 Å². The van der Waals surface area contributed by atoms with Gasteiger partial charge < -0.3 is 19.9 Å². The normalized spacial score (nSPS) is 13.9. The zero-order valence-electron chi connectivity index (χ0n) is 12.6. The molecule has 114 valence electrons. The molecule has 1 rings (SSSR count). The van der Waals surface area contributed by atoms with Crippen LogP contribution in [0.2, 0.25) is 5.02 Å². The van der Waals surface area contributed by atoms with Crippen LogP contribution in [0.4, 0.5) is 0 Å². The van der Waals surface area contributed by atoms with E-state index in [0.29, 0.717) is 17.3 Å². The maximum Gasteiger partial charge on any atom is 0.141 e. The molecule has 0 bridgehead atoms. The molecule has 2 N–H and O–H groups in total. The Kier molecular flexibility index (Phi) is 7.13. The summed E-state index contributed by atoms with van der Waals surface area (Å²) in [5, 5.41) is 13.6. The summed E-state index contributed by atoms with van der Waals surface area (Å²) in [5.74, 6) is 1.31. The summed E-state index contributed by atoms with van der Waals surface area (Å²) in [6.07, 6.45) is 1.43. The lowest BCUT2D eigenvalue weighted by Gasteiger charge is -2.20. The van der Waals surface area contributed by atoms with E-state index in [0.717, 1.165) is 24.2 Å². The number of ether oxygens (including phenoxy) is 2. The summed E-state index contributed by atoms with van der Waals surface area (Å²) in [5.41, 5.74) is 0.946. The fourth-order valence-electron chi connectivity index (χ4n) is 2.08. The largest absolute Gasteiger partial charge is 0.496 e. The maximum atomic E-state index is 9.77. The van der Waals surface area contributed by atoms with Crippen LogP contribution in [-0.4, -0.2) is 32.0 Å². The third-order valence-corrected chi connectivity index (χ3v) is 3.55. The van der Waals surface area contributed by atoms with Crippen molar-refractivity contribution in [3.63, 3.8) is 0 Å². The second kappa shape index (κ2) is 8.35. The van der Waals surface area contributed by atoms with E-state index in [-0.39, 0.29) is 12.1 Å². The minimum Gasteiger partial charge on any atom is -0.496 e. The molecule has 0 aliphatic carbocycles. The highest BCUT2D eigenvalue weighted by atomic mass is 35.5. The average Bonchev–Trinajstić information content (AvgIpc) is 2.44. The Morgan fingerprint density at radius 3 is 2.45 bits per heavy atom. The van der Waals surface area contributed by atoms with Gasteiger partial charge in [-0.25, -0.2) is 0 Å². The van der Waals surface area contributed by atoms with Gasteiger partial charge in [-0.2, -0.15) is 0 Å². The van der Waals surface area contributed by atoms with E-state index in [4.69, 9.17) is 21.1 Å². The van der Waals surface area contributed by atoms with Crippen LogP contribution in [0.15, 0.2) is 12.1 Å². The van der Waals surface area contributed by atoms with E-state index in [1.807, 2.05) is 13.0 Å². The first-order chi connectivity index (χ1) is 9.53. The molecular formula is C15H24ClNO3. The number of hydrogen-bond donors (Lipinski definition) is 2. The zero-order valence-corrected chi connectivity index (χ0v) is 13.3. The highest BCUT2D eigenvalue weighted by molar-refractivity contribution is 6.32. The molecule has 2 unspecified atom stereocenters. The van der Waals surface area contributed by atoms with Crippen LogP contribution in [-0.2, 0) is 0 Å². The predicted octanol–water partition coefficient (Wildman–Crippen LogP) is 3.17. The van der Waals surface area contributed by atoms with Gasteiger partial charge in [0.1, 0.15) is 11.5 Å². The van der Waals surface area contributed by atoms with Crippen molar-refractivity contribution in [1.82, 2.24) is 5.32 Å². The summed E-state index contributed by atoms with van der Waals surface area (Å²) in [4.78, 5) is 0. The third kappa shape index (κ3) is 4.54. The molecule has 0 saturated heterocycles. The highest BCUT2D eigenvalue weighted by Crippen LogP contribution is 2.35. The van der Waals surface area contributed by atoms with E-state index >= 15 is 0 Å². The summed E-state index contributed by atoms with van der Waals surface area (Å²) < 4.78 is 10.6. The Balaban J connectivity index is 2.81. The number of aliphatic hydroxyl groups excluding tert-OH is 1. The smallest absolute Gasteiger partial charge is 0.141 e. The number of hydrogen-bond acceptors (Lipinski definition) is 4. The van der Waals surface area contributed by atoms with Gasteiger partial charge in [-0.1, -0.05) is 24.9 Å². The van der Waals surface area contributed by atoms with Gasteiger partial charge in [0.05, 0.1) is 25.3 Å². The molecule has 2 atom stereocenters. The van der Waals surface area contributed by atoms with Crippen molar-refractivity contribution in [1.29, 1.82) is 0 Å². The molecule has 0 fully saturated rings. The topological polar surface area (TPSA) is 50.7 Å². The Bertz CT molecular complexity index is 426. The molecule has 0 aliphatic heterocycles. The molecule has 0 heterocycles. The van der Waals surface area contributed by atoms with Crippen molar-refractivity contribution >= 4 is 11.6 Å². The lowest BCUT2D eigenvalue weighted by atomic mass is 10.1. The van der Waals surface area contributed by atoms with E-state index in [1.165, 1.54) is 0 Å². The van der Waals surface area contributed by atoms with Crippen molar-refractivity contribution < 1.29 is 14.6 Å². The van der Waals surface area contributed by atoms with Crippen molar-refractivity contribution in [2.45, 2.75) is 38.8 Å². The highest BCUT2D eigenvalue weighted by Gasteiger charge is 2.16. The van der Waals surface area contributed by atoms with E-state index in [2.05, 4.69) is 12.2 Å². The molecule has 0 aromatic heterocycles. The third-order valence-electron chi connectivity index (χ3n) is 3.25. The fraction of sp³-hybridized carbons (Fsp3) is 0.600. The second-order valence-electron chi connectivity index (χ2n) is 4.80. The molecule has 0 saturated carbocycles. The van der Waals surface area contributed by atoms with Crippen LogP contribution in [0.1, 0.15) is 38.3 Å². The minimum atomic E-state index is -0.331. The molecule has 4 nitrogen and oxygen atoms in total. The molecular weight excluding hydrogens is 278 g/mol. The van der Waals surface area contributed by atoms with Crippen LogP contribution in [0.25, 0.3) is 0 Å². The molecule has 0 amide bonds. The number of rotatable bonds is 8. The van der Waals surface area contributed by atoms with Gasteiger partial charge in [0.2, 0.25) is 0 Å².